The van der Waals surface area contributed by atoms with Gasteiger partial charge in [0.05, 0.1) is 10.6 Å². The average Bonchev–Trinajstić information content (AvgIpc) is 3.13. The Morgan fingerprint density at radius 2 is 1.69 bits per heavy atom. The zero-order chi connectivity index (χ0) is 18.6. The Bertz CT molecular complexity index is 945. The molecule has 0 atom stereocenters. The number of hydrogen-bond acceptors (Lipinski definition) is 3. The van der Waals surface area contributed by atoms with E-state index >= 15 is 0 Å². The first-order valence-corrected chi connectivity index (χ1v) is 11.0. The fraction of sp³-hybridized carbons (Fsp3) is 0.190. The van der Waals surface area contributed by atoms with E-state index in [1.54, 1.807) is 12.1 Å². The second kappa shape index (κ2) is 8.06. The number of anilines is 1. The molecule has 0 amide bonds. The Balaban J connectivity index is 2.00. The van der Waals surface area contributed by atoms with E-state index in [1.165, 1.54) is 15.6 Å². The Hall–Kier alpha value is -2.11. The van der Waals surface area contributed by atoms with Crippen LogP contribution in [-0.2, 0) is 16.4 Å². The highest BCUT2D eigenvalue weighted by Crippen LogP contribution is 2.37. The van der Waals surface area contributed by atoms with Crippen LogP contribution in [-0.4, -0.2) is 15.0 Å². The second-order valence-electron chi connectivity index (χ2n) is 6.01. The van der Waals surface area contributed by atoms with Crippen molar-refractivity contribution in [1.29, 1.82) is 0 Å². The molecule has 2 aromatic carbocycles. The third-order valence-electron chi connectivity index (χ3n) is 4.25. The Kier molecular flexibility index (Phi) is 5.79. The molecule has 0 unspecified atom stereocenters. The summed E-state index contributed by atoms with van der Waals surface area (Å²) in [6.45, 7) is 6.11. The largest absolute Gasteiger partial charge is 0.265 e. The summed E-state index contributed by atoms with van der Waals surface area (Å²) >= 11 is 1.49. The molecular weight excluding hydrogens is 362 g/mol. The highest BCUT2D eigenvalue weighted by molar-refractivity contribution is 7.92. The van der Waals surface area contributed by atoms with E-state index < -0.39 is 10.0 Å². The summed E-state index contributed by atoms with van der Waals surface area (Å²) in [5.41, 5.74) is 3.73. The minimum Gasteiger partial charge on any atom is -0.265 e. The summed E-state index contributed by atoms with van der Waals surface area (Å²) in [6.07, 6.45) is 1.98. The smallest absolute Gasteiger partial charge is 0.264 e. The van der Waals surface area contributed by atoms with Crippen molar-refractivity contribution in [1.82, 2.24) is 0 Å². The van der Waals surface area contributed by atoms with E-state index in [0.29, 0.717) is 10.6 Å². The molecule has 0 aliphatic heterocycles. The van der Waals surface area contributed by atoms with Gasteiger partial charge in [0.25, 0.3) is 10.0 Å². The molecule has 0 saturated heterocycles. The van der Waals surface area contributed by atoms with Gasteiger partial charge in [0.2, 0.25) is 0 Å². The summed E-state index contributed by atoms with van der Waals surface area (Å²) in [4.78, 5) is 0.297. The summed E-state index contributed by atoms with van der Waals surface area (Å²) in [5, 5.41) is 3.85. The molecule has 0 aliphatic carbocycles. The van der Waals surface area contributed by atoms with Crippen molar-refractivity contribution >= 4 is 27.0 Å². The molecule has 3 nitrogen and oxygen atoms in total. The fourth-order valence-corrected chi connectivity index (χ4v) is 5.23. The summed E-state index contributed by atoms with van der Waals surface area (Å²) in [7, 11) is -3.66. The van der Waals surface area contributed by atoms with E-state index in [1.807, 2.05) is 53.2 Å². The van der Waals surface area contributed by atoms with Gasteiger partial charge < -0.3 is 0 Å². The molecule has 0 aliphatic rings. The minimum absolute atomic E-state index is 0.135. The Morgan fingerprint density at radius 3 is 2.31 bits per heavy atom. The Morgan fingerprint density at radius 1 is 1.00 bits per heavy atom. The van der Waals surface area contributed by atoms with Crippen molar-refractivity contribution in [2.75, 3.05) is 10.8 Å². The number of benzene rings is 2. The van der Waals surface area contributed by atoms with Crippen molar-refractivity contribution in [3.63, 3.8) is 0 Å². The monoisotopic (exact) mass is 384 g/mol. The maximum absolute atomic E-state index is 13.2. The van der Waals surface area contributed by atoms with E-state index in [9.17, 15) is 8.42 Å². The first kappa shape index (κ1) is 18.7. The number of rotatable bonds is 7. The number of nitrogens with zero attached hydrogens (tertiary/aromatic N) is 1. The van der Waals surface area contributed by atoms with Crippen LogP contribution < -0.4 is 4.31 Å². The van der Waals surface area contributed by atoms with E-state index in [-0.39, 0.29) is 6.54 Å². The zero-order valence-corrected chi connectivity index (χ0v) is 16.4. The van der Waals surface area contributed by atoms with Gasteiger partial charge in [-0.3, -0.25) is 4.31 Å². The van der Waals surface area contributed by atoms with Gasteiger partial charge in [0.15, 0.2) is 0 Å². The topological polar surface area (TPSA) is 37.4 Å². The molecule has 26 heavy (non-hydrogen) atoms. The predicted molar refractivity (Wildman–Crippen MR) is 110 cm³/mol. The van der Waals surface area contributed by atoms with Crippen molar-refractivity contribution in [3.05, 3.63) is 77.8 Å². The highest BCUT2D eigenvalue weighted by atomic mass is 32.2. The van der Waals surface area contributed by atoms with Gasteiger partial charge in [0, 0.05) is 22.9 Å². The molecule has 0 saturated carbocycles. The number of thiophene rings is 1. The predicted octanol–water partition coefficient (Wildman–Crippen LogP) is 5.40. The average molecular weight is 385 g/mol. The minimum atomic E-state index is -3.66. The lowest BCUT2D eigenvalue weighted by Crippen LogP contribution is -2.31. The van der Waals surface area contributed by atoms with Gasteiger partial charge in [-0.2, -0.15) is 0 Å². The van der Waals surface area contributed by atoms with E-state index in [2.05, 4.69) is 13.8 Å². The van der Waals surface area contributed by atoms with Crippen LogP contribution in [0.3, 0.4) is 0 Å². The normalized spacial score (nSPS) is 11.5. The highest BCUT2D eigenvalue weighted by Gasteiger charge is 2.26. The van der Waals surface area contributed by atoms with Crippen LogP contribution >= 0.6 is 11.3 Å². The third kappa shape index (κ3) is 3.69. The van der Waals surface area contributed by atoms with Gasteiger partial charge >= 0.3 is 0 Å². The Labute approximate surface area is 160 Å². The van der Waals surface area contributed by atoms with Crippen LogP contribution in [0.4, 0.5) is 5.69 Å². The molecule has 5 heteroatoms. The zero-order valence-electron chi connectivity index (χ0n) is 14.8. The van der Waals surface area contributed by atoms with Gasteiger partial charge in [-0.15, -0.1) is 11.3 Å². The van der Waals surface area contributed by atoms with Gasteiger partial charge in [-0.1, -0.05) is 55.8 Å². The maximum Gasteiger partial charge on any atom is 0.264 e. The van der Waals surface area contributed by atoms with Crippen molar-refractivity contribution < 1.29 is 8.42 Å². The maximum atomic E-state index is 13.2. The lowest BCUT2D eigenvalue weighted by atomic mass is 10.1. The molecule has 1 heterocycles. The quantitative estimate of drug-likeness (QED) is 0.547. The van der Waals surface area contributed by atoms with Gasteiger partial charge in [0.1, 0.15) is 0 Å². The van der Waals surface area contributed by atoms with Crippen LogP contribution in [0.2, 0.25) is 0 Å². The van der Waals surface area contributed by atoms with Crippen LogP contribution in [0.1, 0.15) is 18.9 Å². The molecule has 0 spiro atoms. The second-order valence-corrected chi connectivity index (χ2v) is 8.61. The SMILES string of the molecule is [CH2]CN(c1cscc1-c1ccccc1)S(=O)(=O)c1ccc(CCC)cc1. The molecule has 0 N–H and O–H groups in total. The van der Waals surface area contributed by atoms with E-state index in [4.69, 9.17) is 0 Å². The molecule has 0 fully saturated rings. The summed E-state index contributed by atoms with van der Waals surface area (Å²) in [6, 6.07) is 17.0. The molecule has 3 rings (SSSR count). The fourth-order valence-electron chi connectivity index (χ4n) is 2.93. The first-order chi connectivity index (χ1) is 12.6. The number of hydrogen-bond donors (Lipinski definition) is 0. The molecular formula is C21H22NO2S2. The first-order valence-electron chi connectivity index (χ1n) is 8.60. The van der Waals surface area contributed by atoms with Crippen molar-refractivity contribution in [2.24, 2.45) is 0 Å². The molecule has 0 bridgehead atoms. The van der Waals surface area contributed by atoms with Crippen LogP contribution in [0.5, 0.6) is 0 Å². The van der Waals surface area contributed by atoms with Crippen LogP contribution in [0.15, 0.2) is 70.3 Å². The number of sulfonamides is 1. The van der Waals surface area contributed by atoms with Gasteiger partial charge in [-0.25, -0.2) is 8.42 Å². The lowest BCUT2D eigenvalue weighted by Gasteiger charge is -2.23. The van der Waals surface area contributed by atoms with Crippen LogP contribution in [0.25, 0.3) is 11.1 Å². The van der Waals surface area contributed by atoms with E-state index in [0.717, 1.165) is 29.5 Å². The molecule has 1 aromatic heterocycles. The number of aryl methyl sites for hydroxylation is 1. The van der Waals surface area contributed by atoms with Crippen molar-refractivity contribution in [3.8, 4) is 11.1 Å². The molecule has 135 valence electrons. The van der Waals surface area contributed by atoms with Crippen LogP contribution in [0, 0.1) is 6.92 Å². The molecule has 3 aromatic rings. The van der Waals surface area contributed by atoms with Gasteiger partial charge in [-0.05, 0) is 36.6 Å². The lowest BCUT2D eigenvalue weighted by molar-refractivity contribution is 0.593. The molecule has 1 radical (unpaired) electrons. The summed E-state index contributed by atoms with van der Waals surface area (Å²) < 4.78 is 27.8. The summed E-state index contributed by atoms with van der Waals surface area (Å²) in [5.74, 6) is 0. The standard InChI is InChI=1S/C21H22NO2S2/c1-3-8-17-11-13-19(14-12-17)26(23,24)22(4-2)21-16-25-15-20(21)18-9-6-5-7-10-18/h5-7,9-16H,2-4,8H2,1H3. The third-order valence-corrected chi connectivity index (χ3v) is 6.81. The van der Waals surface area contributed by atoms with Crippen molar-refractivity contribution in [2.45, 2.75) is 24.7 Å².